The van der Waals surface area contributed by atoms with Crippen molar-refractivity contribution >= 4 is 49.1 Å². The SMILES string of the molecule is CN(C)C(=O)C(=O)c1c[nH]c2cc(NS(=O)(=O)c3ccc4ccccc4c3)ccc12. The van der Waals surface area contributed by atoms with Crippen molar-refractivity contribution in [3.05, 3.63) is 72.4 Å². The highest BCUT2D eigenvalue weighted by atomic mass is 32.2. The van der Waals surface area contributed by atoms with Gasteiger partial charge in [0.25, 0.3) is 21.7 Å². The molecule has 7 nitrogen and oxygen atoms in total. The number of amides is 1. The van der Waals surface area contributed by atoms with Crippen LogP contribution in [0.1, 0.15) is 10.4 Å². The molecule has 0 radical (unpaired) electrons. The molecule has 152 valence electrons. The summed E-state index contributed by atoms with van der Waals surface area (Å²) in [6.07, 6.45) is 1.45. The summed E-state index contributed by atoms with van der Waals surface area (Å²) in [5.41, 5.74) is 1.13. The van der Waals surface area contributed by atoms with Crippen molar-refractivity contribution in [2.45, 2.75) is 4.90 Å². The molecule has 4 aromatic rings. The number of aromatic amines is 1. The molecule has 0 atom stereocenters. The number of rotatable bonds is 5. The van der Waals surface area contributed by atoms with Gasteiger partial charge in [-0.3, -0.25) is 14.3 Å². The molecule has 1 amide bonds. The number of Topliss-reactive ketones (excluding diaryl/α,β-unsaturated/α-hetero) is 1. The Labute approximate surface area is 173 Å². The van der Waals surface area contributed by atoms with Crippen LogP contribution in [0.5, 0.6) is 0 Å². The van der Waals surface area contributed by atoms with Crippen molar-refractivity contribution in [2.75, 3.05) is 18.8 Å². The van der Waals surface area contributed by atoms with Crippen LogP contribution >= 0.6 is 0 Å². The average Bonchev–Trinajstić information content (AvgIpc) is 3.15. The minimum absolute atomic E-state index is 0.153. The smallest absolute Gasteiger partial charge is 0.294 e. The van der Waals surface area contributed by atoms with Gasteiger partial charge in [0.15, 0.2) is 0 Å². The first-order valence-electron chi connectivity index (χ1n) is 9.15. The van der Waals surface area contributed by atoms with Crippen molar-refractivity contribution < 1.29 is 18.0 Å². The highest BCUT2D eigenvalue weighted by Crippen LogP contribution is 2.26. The van der Waals surface area contributed by atoms with Gasteiger partial charge in [-0.05, 0) is 35.0 Å². The zero-order valence-electron chi connectivity index (χ0n) is 16.3. The quantitative estimate of drug-likeness (QED) is 0.381. The number of hydrogen-bond donors (Lipinski definition) is 2. The van der Waals surface area contributed by atoms with E-state index in [1.54, 1.807) is 36.4 Å². The molecule has 0 unspecified atom stereocenters. The van der Waals surface area contributed by atoms with E-state index in [2.05, 4.69) is 9.71 Å². The number of nitrogens with zero attached hydrogens (tertiary/aromatic N) is 1. The molecule has 0 saturated carbocycles. The molecule has 3 aromatic carbocycles. The lowest BCUT2D eigenvalue weighted by Crippen LogP contribution is -2.29. The number of aromatic nitrogens is 1. The average molecular weight is 421 g/mol. The van der Waals surface area contributed by atoms with Crippen molar-refractivity contribution in [1.82, 2.24) is 9.88 Å². The number of ketones is 1. The molecule has 0 spiro atoms. The standard InChI is InChI=1S/C22H19N3O4S/c1-25(2)22(27)21(26)19-13-23-20-12-16(8-10-18(19)20)24-30(28,29)17-9-7-14-5-3-4-6-15(14)11-17/h3-13,23-24H,1-2H3. The maximum Gasteiger partial charge on any atom is 0.294 e. The monoisotopic (exact) mass is 421 g/mol. The molecular weight excluding hydrogens is 402 g/mol. The second-order valence-corrected chi connectivity index (χ2v) is 8.79. The number of hydrogen-bond acceptors (Lipinski definition) is 4. The van der Waals surface area contributed by atoms with E-state index < -0.39 is 21.7 Å². The number of anilines is 1. The van der Waals surface area contributed by atoms with Gasteiger partial charge in [0.1, 0.15) is 0 Å². The molecule has 0 saturated heterocycles. The van der Waals surface area contributed by atoms with Crippen molar-refractivity contribution in [1.29, 1.82) is 0 Å². The first-order chi connectivity index (χ1) is 14.3. The number of benzene rings is 3. The third-order valence-electron chi connectivity index (χ3n) is 4.81. The summed E-state index contributed by atoms with van der Waals surface area (Å²) in [5, 5.41) is 2.33. The van der Waals surface area contributed by atoms with E-state index in [1.807, 2.05) is 24.3 Å². The number of nitrogens with one attached hydrogen (secondary N) is 2. The fourth-order valence-corrected chi connectivity index (χ4v) is 4.33. The molecule has 2 N–H and O–H groups in total. The normalized spacial score (nSPS) is 11.5. The molecule has 0 bridgehead atoms. The van der Waals surface area contributed by atoms with E-state index >= 15 is 0 Å². The van der Waals surface area contributed by atoms with Gasteiger partial charge in [-0.2, -0.15) is 0 Å². The first kappa shape index (κ1) is 19.7. The summed E-state index contributed by atoms with van der Waals surface area (Å²) < 4.78 is 28.2. The Bertz CT molecular complexity index is 1400. The molecular formula is C22H19N3O4S. The Balaban J connectivity index is 1.65. The highest BCUT2D eigenvalue weighted by Gasteiger charge is 2.22. The number of carbonyl (C=O) groups is 2. The number of likely N-dealkylation sites (N-methyl/N-ethyl adjacent to an activating group) is 1. The van der Waals surface area contributed by atoms with Crippen LogP contribution in [0, 0.1) is 0 Å². The lowest BCUT2D eigenvalue weighted by atomic mass is 10.1. The van der Waals surface area contributed by atoms with Crippen LogP contribution in [-0.2, 0) is 14.8 Å². The van der Waals surface area contributed by atoms with Gasteiger partial charge in [0.05, 0.1) is 16.1 Å². The molecule has 0 fully saturated rings. The van der Waals surface area contributed by atoms with Crippen LogP contribution < -0.4 is 4.72 Å². The molecule has 4 rings (SSSR count). The van der Waals surface area contributed by atoms with Crippen LogP contribution in [0.15, 0.2) is 71.8 Å². The molecule has 0 aliphatic heterocycles. The summed E-state index contributed by atoms with van der Waals surface area (Å²) in [6.45, 7) is 0. The predicted octanol–water partition coefficient (Wildman–Crippen LogP) is 3.39. The lowest BCUT2D eigenvalue weighted by Gasteiger charge is -2.10. The predicted molar refractivity (Wildman–Crippen MR) is 116 cm³/mol. The minimum Gasteiger partial charge on any atom is -0.360 e. The second-order valence-electron chi connectivity index (χ2n) is 7.11. The fourth-order valence-electron chi connectivity index (χ4n) is 3.24. The first-order valence-corrected chi connectivity index (χ1v) is 10.6. The molecule has 30 heavy (non-hydrogen) atoms. The van der Waals surface area contributed by atoms with Gasteiger partial charge in [0, 0.05) is 31.2 Å². The summed E-state index contributed by atoms with van der Waals surface area (Å²) in [4.78, 5) is 28.6. The van der Waals surface area contributed by atoms with Crippen molar-refractivity contribution in [2.24, 2.45) is 0 Å². The van der Waals surface area contributed by atoms with E-state index in [4.69, 9.17) is 0 Å². The van der Waals surface area contributed by atoms with Gasteiger partial charge in [0.2, 0.25) is 0 Å². The Hall–Kier alpha value is -3.65. The van der Waals surface area contributed by atoms with E-state index in [9.17, 15) is 18.0 Å². The second kappa shape index (κ2) is 7.31. The lowest BCUT2D eigenvalue weighted by molar-refractivity contribution is -0.124. The van der Waals surface area contributed by atoms with E-state index in [0.29, 0.717) is 16.6 Å². The van der Waals surface area contributed by atoms with Crippen LogP contribution in [0.4, 0.5) is 5.69 Å². The summed E-state index contributed by atoms with van der Waals surface area (Å²) in [6, 6.07) is 17.2. The summed E-state index contributed by atoms with van der Waals surface area (Å²) in [7, 11) is -0.782. The van der Waals surface area contributed by atoms with Crippen molar-refractivity contribution in [3.63, 3.8) is 0 Å². The zero-order chi connectivity index (χ0) is 21.5. The summed E-state index contributed by atoms with van der Waals surface area (Å²) in [5.74, 6) is -1.26. The molecule has 0 aliphatic carbocycles. The maximum atomic E-state index is 12.8. The van der Waals surface area contributed by atoms with Gasteiger partial charge >= 0.3 is 0 Å². The Morgan fingerprint density at radius 2 is 1.67 bits per heavy atom. The Morgan fingerprint density at radius 3 is 2.40 bits per heavy atom. The number of fused-ring (bicyclic) bond motifs is 2. The maximum absolute atomic E-state index is 12.8. The number of carbonyl (C=O) groups excluding carboxylic acids is 2. The minimum atomic E-state index is -3.80. The highest BCUT2D eigenvalue weighted by molar-refractivity contribution is 7.92. The number of sulfonamides is 1. The number of H-pyrrole nitrogens is 1. The van der Waals surface area contributed by atoms with Gasteiger partial charge < -0.3 is 9.88 Å². The fraction of sp³-hybridized carbons (Fsp3) is 0.0909. The van der Waals surface area contributed by atoms with Crippen LogP contribution in [-0.4, -0.2) is 44.1 Å². The third kappa shape index (κ3) is 3.53. The largest absolute Gasteiger partial charge is 0.360 e. The van der Waals surface area contributed by atoms with Crippen LogP contribution in [0.2, 0.25) is 0 Å². The Kier molecular flexibility index (Phi) is 4.79. The van der Waals surface area contributed by atoms with Crippen LogP contribution in [0.25, 0.3) is 21.7 Å². The van der Waals surface area contributed by atoms with Crippen LogP contribution in [0.3, 0.4) is 0 Å². The molecule has 1 heterocycles. The van der Waals surface area contributed by atoms with Crippen molar-refractivity contribution in [3.8, 4) is 0 Å². The summed E-state index contributed by atoms with van der Waals surface area (Å²) >= 11 is 0. The Morgan fingerprint density at radius 1 is 0.933 bits per heavy atom. The van der Waals surface area contributed by atoms with Gasteiger partial charge in [-0.15, -0.1) is 0 Å². The topological polar surface area (TPSA) is 99.3 Å². The van der Waals surface area contributed by atoms with Gasteiger partial charge in [-0.25, -0.2) is 8.42 Å². The molecule has 8 heteroatoms. The molecule has 1 aromatic heterocycles. The zero-order valence-corrected chi connectivity index (χ0v) is 17.2. The van der Waals surface area contributed by atoms with E-state index in [-0.39, 0.29) is 10.5 Å². The third-order valence-corrected chi connectivity index (χ3v) is 6.19. The van der Waals surface area contributed by atoms with Gasteiger partial charge in [-0.1, -0.05) is 36.4 Å². The van der Waals surface area contributed by atoms with E-state index in [1.165, 1.54) is 25.2 Å². The van der Waals surface area contributed by atoms with E-state index in [0.717, 1.165) is 10.8 Å². The molecule has 0 aliphatic rings.